The van der Waals surface area contributed by atoms with Crippen LogP contribution in [0.2, 0.25) is 0 Å². The first-order chi connectivity index (χ1) is 12.2. The summed E-state index contributed by atoms with van der Waals surface area (Å²) >= 11 is 0. The van der Waals surface area contributed by atoms with Gasteiger partial charge in [-0.1, -0.05) is 30.3 Å². The molecule has 0 aliphatic carbocycles. The number of nitro groups is 1. The molecule has 0 unspecified atom stereocenters. The Morgan fingerprint density at radius 2 is 1.84 bits per heavy atom. The Morgan fingerprint density at radius 3 is 2.68 bits per heavy atom. The van der Waals surface area contributed by atoms with Crippen molar-refractivity contribution in [3.05, 3.63) is 70.6 Å². The second kappa shape index (κ2) is 6.08. The lowest BCUT2D eigenvalue weighted by atomic mass is 10.2. The molecular weight excluding hydrogens is 324 g/mol. The minimum atomic E-state index is -0.448. The van der Waals surface area contributed by atoms with E-state index in [0.29, 0.717) is 17.3 Å². The summed E-state index contributed by atoms with van der Waals surface area (Å²) in [4.78, 5) is 10.6. The van der Waals surface area contributed by atoms with Crippen molar-refractivity contribution in [3.63, 3.8) is 0 Å². The van der Waals surface area contributed by atoms with Crippen LogP contribution in [-0.4, -0.2) is 15.1 Å². The molecule has 8 heteroatoms. The highest BCUT2D eigenvalue weighted by molar-refractivity contribution is 5.81. The number of hydrogen-bond acceptors (Lipinski definition) is 7. The first-order valence-electron chi connectivity index (χ1n) is 7.49. The van der Waals surface area contributed by atoms with Crippen LogP contribution in [0.15, 0.2) is 63.4 Å². The van der Waals surface area contributed by atoms with Gasteiger partial charge < -0.3 is 14.2 Å². The highest BCUT2D eigenvalue weighted by Crippen LogP contribution is 2.27. The van der Waals surface area contributed by atoms with Gasteiger partial charge in [0, 0.05) is 11.5 Å². The molecule has 0 radical (unpaired) electrons. The molecule has 0 spiro atoms. The summed E-state index contributed by atoms with van der Waals surface area (Å²) in [6, 6.07) is 15.8. The Kier molecular flexibility index (Phi) is 3.62. The summed E-state index contributed by atoms with van der Waals surface area (Å²) in [6.07, 6.45) is 0. The molecule has 1 N–H and O–H groups in total. The number of nitrogens with zero attached hydrogens (tertiary/aromatic N) is 3. The highest BCUT2D eigenvalue weighted by atomic mass is 16.6. The van der Waals surface area contributed by atoms with Crippen LogP contribution in [0.25, 0.3) is 22.6 Å². The van der Waals surface area contributed by atoms with E-state index in [0.717, 1.165) is 11.0 Å². The molecule has 124 valence electrons. The van der Waals surface area contributed by atoms with Crippen molar-refractivity contribution in [2.45, 2.75) is 6.54 Å². The van der Waals surface area contributed by atoms with Gasteiger partial charge in [0.25, 0.3) is 11.6 Å². The fourth-order valence-corrected chi connectivity index (χ4v) is 2.47. The van der Waals surface area contributed by atoms with Crippen LogP contribution in [0, 0.1) is 10.1 Å². The highest BCUT2D eigenvalue weighted by Gasteiger charge is 2.15. The lowest BCUT2D eigenvalue weighted by Gasteiger charge is -2.03. The third-order valence-corrected chi connectivity index (χ3v) is 3.63. The van der Waals surface area contributed by atoms with Crippen molar-refractivity contribution in [2.24, 2.45) is 0 Å². The van der Waals surface area contributed by atoms with Crippen LogP contribution in [0.1, 0.15) is 5.89 Å². The van der Waals surface area contributed by atoms with Gasteiger partial charge >= 0.3 is 0 Å². The van der Waals surface area contributed by atoms with E-state index in [1.54, 1.807) is 18.2 Å². The standard InChI is InChI=1S/C17H12N4O4/c22-21(23)13-7-3-2-6-12(13)18-10-16-19-20-17(25-16)15-9-11-5-1-4-8-14(11)24-15/h1-9,18H,10H2. The van der Waals surface area contributed by atoms with E-state index >= 15 is 0 Å². The van der Waals surface area contributed by atoms with E-state index in [-0.39, 0.29) is 18.1 Å². The number of aromatic nitrogens is 2. The molecule has 0 bridgehead atoms. The number of hydrogen-bond donors (Lipinski definition) is 1. The van der Waals surface area contributed by atoms with Crippen molar-refractivity contribution in [2.75, 3.05) is 5.32 Å². The molecular formula is C17H12N4O4. The minimum absolute atomic E-state index is 0.0143. The Hall–Kier alpha value is -3.68. The minimum Gasteiger partial charge on any atom is -0.451 e. The Bertz CT molecular complexity index is 1020. The molecule has 25 heavy (non-hydrogen) atoms. The van der Waals surface area contributed by atoms with E-state index in [4.69, 9.17) is 8.83 Å². The molecule has 0 saturated carbocycles. The first kappa shape index (κ1) is 14.9. The van der Waals surface area contributed by atoms with E-state index in [2.05, 4.69) is 15.5 Å². The maximum atomic E-state index is 11.0. The first-order valence-corrected chi connectivity index (χ1v) is 7.49. The normalized spacial score (nSPS) is 10.9. The van der Waals surface area contributed by atoms with Gasteiger partial charge in [-0.15, -0.1) is 10.2 Å². The maximum Gasteiger partial charge on any atom is 0.292 e. The van der Waals surface area contributed by atoms with Gasteiger partial charge in [0.05, 0.1) is 11.5 Å². The molecule has 2 aromatic heterocycles. The van der Waals surface area contributed by atoms with Crippen LogP contribution in [0.4, 0.5) is 11.4 Å². The molecule has 2 heterocycles. The van der Waals surface area contributed by atoms with Gasteiger partial charge in [-0.2, -0.15) is 0 Å². The predicted octanol–water partition coefficient (Wildman–Crippen LogP) is 4.00. The lowest BCUT2D eigenvalue weighted by molar-refractivity contribution is -0.384. The van der Waals surface area contributed by atoms with E-state index in [1.807, 2.05) is 30.3 Å². The zero-order chi connectivity index (χ0) is 17.2. The van der Waals surface area contributed by atoms with Crippen LogP contribution in [-0.2, 0) is 6.54 Å². The van der Waals surface area contributed by atoms with Crippen molar-refractivity contribution in [3.8, 4) is 11.7 Å². The lowest BCUT2D eigenvalue weighted by Crippen LogP contribution is -2.02. The summed E-state index contributed by atoms with van der Waals surface area (Å²) in [5.74, 6) is 1.04. The monoisotopic (exact) mass is 336 g/mol. The Labute approximate surface area is 141 Å². The molecule has 8 nitrogen and oxygen atoms in total. The fourth-order valence-electron chi connectivity index (χ4n) is 2.47. The second-order valence-electron chi connectivity index (χ2n) is 5.28. The Morgan fingerprint density at radius 1 is 1.04 bits per heavy atom. The quantitative estimate of drug-likeness (QED) is 0.433. The number of anilines is 1. The summed E-state index contributed by atoms with van der Waals surface area (Å²) in [5.41, 5.74) is 1.10. The molecule has 0 amide bonds. The Balaban J connectivity index is 1.53. The molecule has 0 aliphatic heterocycles. The maximum absolute atomic E-state index is 11.0. The van der Waals surface area contributed by atoms with Crippen molar-refractivity contribution in [1.29, 1.82) is 0 Å². The van der Waals surface area contributed by atoms with E-state index in [1.165, 1.54) is 6.07 Å². The molecule has 0 aliphatic rings. The molecule has 2 aromatic carbocycles. The average molecular weight is 336 g/mol. The largest absolute Gasteiger partial charge is 0.451 e. The molecule has 4 aromatic rings. The number of fused-ring (bicyclic) bond motifs is 1. The van der Waals surface area contributed by atoms with Crippen LogP contribution >= 0.6 is 0 Å². The van der Waals surface area contributed by atoms with Crippen molar-refractivity contribution in [1.82, 2.24) is 10.2 Å². The smallest absolute Gasteiger partial charge is 0.292 e. The number of benzene rings is 2. The molecule has 0 atom stereocenters. The van der Waals surface area contributed by atoms with E-state index in [9.17, 15) is 10.1 Å². The van der Waals surface area contributed by atoms with Crippen molar-refractivity contribution >= 4 is 22.3 Å². The van der Waals surface area contributed by atoms with Gasteiger partial charge in [0.2, 0.25) is 5.89 Å². The van der Waals surface area contributed by atoms with E-state index < -0.39 is 4.92 Å². The molecule has 4 rings (SSSR count). The average Bonchev–Trinajstić information content (AvgIpc) is 3.26. The zero-order valence-corrected chi connectivity index (χ0v) is 12.9. The van der Waals surface area contributed by atoms with Gasteiger partial charge in [0.15, 0.2) is 5.76 Å². The van der Waals surface area contributed by atoms with Gasteiger partial charge in [-0.05, 0) is 18.2 Å². The van der Waals surface area contributed by atoms with Gasteiger partial charge in [-0.25, -0.2) is 0 Å². The van der Waals surface area contributed by atoms with Gasteiger partial charge in [-0.3, -0.25) is 10.1 Å². The zero-order valence-electron chi connectivity index (χ0n) is 12.9. The van der Waals surface area contributed by atoms with Crippen molar-refractivity contribution < 1.29 is 13.8 Å². The fraction of sp³-hybridized carbons (Fsp3) is 0.0588. The second-order valence-corrected chi connectivity index (χ2v) is 5.28. The predicted molar refractivity (Wildman–Crippen MR) is 89.9 cm³/mol. The number of furan rings is 1. The van der Waals surface area contributed by atoms with Crippen LogP contribution in [0.5, 0.6) is 0 Å². The molecule has 0 saturated heterocycles. The number of nitro benzene ring substituents is 1. The third-order valence-electron chi connectivity index (χ3n) is 3.63. The van der Waals surface area contributed by atoms with Gasteiger partial charge in [0.1, 0.15) is 11.3 Å². The number of rotatable bonds is 5. The topological polar surface area (TPSA) is 107 Å². The molecule has 0 fully saturated rings. The summed E-state index contributed by atoms with van der Waals surface area (Å²) in [6.45, 7) is 0.165. The third kappa shape index (κ3) is 2.92. The summed E-state index contributed by atoms with van der Waals surface area (Å²) < 4.78 is 11.2. The summed E-state index contributed by atoms with van der Waals surface area (Å²) in [7, 11) is 0. The number of nitrogens with one attached hydrogen (secondary N) is 1. The number of para-hydroxylation sites is 3. The SMILES string of the molecule is O=[N+]([O-])c1ccccc1NCc1nnc(-c2cc3ccccc3o2)o1. The van der Waals surface area contributed by atoms with Crippen LogP contribution < -0.4 is 5.32 Å². The summed E-state index contributed by atoms with van der Waals surface area (Å²) in [5, 5.41) is 22.8. The van der Waals surface area contributed by atoms with Crippen LogP contribution in [0.3, 0.4) is 0 Å².